The van der Waals surface area contributed by atoms with E-state index in [1.54, 1.807) is 0 Å². The summed E-state index contributed by atoms with van der Waals surface area (Å²) < 4.78 is 0. The molecule has 0 amide bonds. The minimum atomic E-state index is -0.703. The molecule has 0 atom stereocenters. The lowest BCUT2D eigenvalue weighted by atomic mass is 10.9. The molecular weight excluding hydrogens is 468 g/mol. The quantitative estimate of drug-likeness (QED) is 0.218. The minimum absolute atomic E-state index is 0.703. The van der Waals surface area contributed by atoms with Gasteiger partial charge in [-0.15, -0.1) is 36.5 Å². The van der Waals surface area contributed by atoms with Crippen molar-refractivity contribution >= 4 is 76.8 Å². The third kappa shape index (κ3) is 63.0. The van der Waals surface area contributed by atoms with Crippen molar-refractivity contribution in [3.8, 4) is 0 Å². The summed E-state index contributed by atoms with van der Waals surface area (Å²) in [4.78, 5) is 0. The molecule has 170 valence electrons. The maximum atomic E-state index is 2.48. The van der Waals surface area contributed by atoms with Gasteiger partial charge >= 0.3 is 0 Å². The maximum Gasteiger partial charge on any atom is 0.198 e. The van der Waals surface area contributed by atoms with Crippen LogP contribution in [0.25, 0.3) is 0 Å². The Bertz CT molecular complexity index is 258. The van der Waals surface area contributed by atoms with Gasteiger partial charge in [0.2, 0.25) is 0 Å². The van der Waals surface area contributed by atoms with Crippen molar-refractivity contribution < 1.29 is 0 Å². The van der Waals surface area contributed by atoms with Crippen LogP contribution in [0.5, 0.6) is 0 Å². The molecule has 28 heavy (non-hydrogen) atoms. The molecule has 8 heteroatoms. The average molecular weight is 527 g/mol. The summed E-state index contributed by atoms with van der Waals surface area (Å²) in [6.07, 6.45) is 0. The van der Waals surface area contributed by atoms with Crippen LogP contribution in [0.4, 0.5) is 0 Å². The fraction of sp³-hybridized carbons (Fsp3) is 1.00. The van der Waals surface area contributed by atoms with Crippen LogP contribution in [0.1, 0.15) is 27.7 Å². The summed E-state index contributed by atoms with van der Waals surface area (Å²) in [7, 11) is -0.155. The lowest BCUT2D eigenvalue weighted by Gasteiger charge is -2.25. The molecule has 0 aromatic heterocycles. The smallest absolute Gasteiger partial charge is 0.145 e. The third-order valence-corrected chi connectivity index (χ3v) is 44.0. The SMILES string of the molecule is C[CH2][Al][CH2]C.C[CH2][Al][CH2]C.C[Si](C)(C)P[Si](C)(C)C.C[Si](C)(C)P[Si](C)(C)C. The predicted octanol–water partition coefficient (Wildman–Crippen LogP) is 9.80. The van der Waals surface area contributed by atoms with Crippen molar-refractivity contribution in [3.05, 3.63) is 0 Å². The Kier molecular flexibility index (Phi) is 27.7. The Balaban J connectivity index is -0.000000143. The van der Waals surface area contributed by atoms with Crippen molar-refractivity contribution in [3.63, 3.8) is 0 Å². The van der Waals surface area contributed by atoms with Crippen molar-refractivity contribution in [2.75, 3.05) is 0 Å². The van der Waals surface area contributed by atoms with E-state index in [9.17, 15) is 0 Å². The molecule has 0 fully saturated rings. The van der Waals surface area contributed by atoms with E-state index in [0.29, 0.717) is 0 Å². The molecule has 0 saturated heterocycles. The molecule has 0 rings (SSSR count). The van der Waals surface area contributed by atoms with Gasteiger partial charge in [-0.25, -0.2) is 0 Å². The van der Waals surface area contributed by atoms with Gasteiger partial charge in [0.25, 0.3) is 0 Å². The molecule has 0 nitrogen and oxygen atoms in total. The molecule has 0 N–H and O–H groups in total. The fourth-order valence-electron chi connectivity index (χ4n) is 2.83. The highest BCUT2D eigenvalue weighted by atomic mass is 31.6. The van der Waals surface area contributed by atoms with E-state index in [1.807, 2.05) is 0 Å². The zero-order chi connectivity index (χ0) is 23.7. The Morgan fingerprint density at radius 2 is 0.536 bits per heavy atom. The lowest BCUT2D eigenvalue weighted by Crippen LogP contribution is -2.24. The van der Waals surface area contributed by atoms with E-state index in [0.717, 1.165) is 30.4 Å². The zero-order valence-electron chi connectivity index (χ0n) is 23.0. The Labute approximate surface area is 202 Å². The van der Waals surface area contributed by atoms with Crippen LogP contribution in [-0.4, -0.2) is 61.4 Å². The van der Waals surface area contributed by atoms with Crippen LogP contribution >= 0.6 is 15.4 Å². The first kappa shape index (κ1) is 38.1. The highest BCUT2D eigenvalue weighted by Gasteiger charge is 2.23. The second-order valence-corrected chi connectivity index (χ2v) is 58.4. The first-order chi connectivity index (χ1) is 12.2. The highest BCUT2D eigenvalue weighted by molar-refractivity contribution is 8.07. The first-order valence-electron chi connectivity index (χ1n) is 11.5. The standard InChI is InChI=1S/2C6H19PSi2.4C2H5.2Al/c2*1-8(2,3)7-9(4,5)6;4*1-2;;/h2*7H,1-6H3;4*1H2,2H3;;. The zero-order valence-corrected chi connectivity index (χ0v) is 31.3. The second kappa shape index (κ2) is 20.4. The van der Waals surface area contributed by atoms with Gasteiger partial charge in [0, 0.05) is 0 Å². The first-order valence-corrected chi connectivity index (χ1v) is 34.7. The van der Waals surface area contributed by atoms with E-state index >= 15 is 0 Å². The molecule has 0 aliphatic carbocycles. The average Bonchev–Trinajstić information content (AvgIpc) is 2.33. The fourth-order valence-corrected chi connectivity index (χ4v) is 62.5. The number of hydrogen-bond acceptors (Lipinski definition) is 0. The van der Waals surface area contributed by atoms with Crippen LogP contribution in [0, 0.1) is 0 Å². The van der Waals surface area contributed by atoms with Crippen molar-refractivity contribution in [1.29, 1.82) is 0 Å². The van der Waals surface area contributed by atoms with Crippen LogP contribution < -0.4 is 0 Å². The van der Waals surface area contributed by atoms with Gasteiger partial charge < -0.3 is 0 Å². The molecular formula is C20H58Al2P2Si4. The number of rotatable bonds is 8. The van der Waals surface area contributed by atoms with Gasteiger partial charge in [0.1, 0.15) is 0 Å². The maximum absolute atomic E-state index is 2.48. The largest absolute Gasteiger partial charge is 0.198 e. The van der Waals surface area contributed by atoms with E-state index in [1.165, 1.54) is 36.5 Å². The monoisotopic (exact) mass is 526 g/mol. The van der Waals surface area contributed by atoms with Crippen LogP contribution in [-0.2, 0) is 0 Å². The molecule has 0 aliphatic heterocycles. The predicted molar refractivity (Wildman–Crippen MR) is 163 cm³/mol. The van der Waals surface area contributed by atoms with Gasteiger partial charge in [-0.3, -0.25) is 0 Å². The van der Waals surface area contributed by atoms with E-state index in [2.05, 4.69) is 106 Å². The topological polar surface area (TPSA) is 0 Å². The van der Waals surface area contributed by atoms with E-state index in [-0.39, 0.29) is 0 Å². The summed E-state index contributed by atoms with van der Waals surface area (Å²) in [5, 5.41) is 5.71. The number of hydrogen-bond donors (Lipinski definition) is 0. The minimum Gasteiger partial charge on any atom is -0.145 e. The Morgan fingerprint density at radius 1 is 0.393 bits per heavy atom. The molecule has 0 heterocycles. The molecule has 0 aliphatic rings. The third-order valence-electron chi connectivity index (χ3n) is 2.65. The molecule has 0 bridgehead atoms. The molecule has 0 aromatic carbocycles. The van der Waals surface area contributed by atoms with Crippen molar-refractivity contribution in [2.24, 2.45) is 0 Å². The Morgan fingerprint density at radius 3 is 0.536 bits per heavy atom. The summed E-state index contributed by atoms with van der Waals surface area (Å²) in [5.74, 6) is 0. The van der Waals surface area contributed by atoms with Crippen LogP contribution in [0.2, 0.25) is 99.7 Å². The molecule has 0 spiro atoms. The van der Waals surface area contributed by atoms with Gasteiger partial charge in [0.05, 0.1) is 31.0 Å². The van der Waals surface area contributed by atoms with Gasteiger partial charge in [-0.1, -0.05) is 106 Å². The summed E-state index contributed by atoms with van der Waals surface area (Å²) in [5.41, 5.74) is 0. The van der Waals surface area contributed by atoms with Crippen molar-refractivity contribution in [1.82, 2.24) is 0 Å². The molecule has 2 radical (unpaired) electrons. The van der Waals surface area contributed by atoms with Crippen molar-refractivity contribution in [2.45, 2.75) is 127 Å². The van der Waals surface area contributed by atoms with Crippen LogP contribution in [0.15, 0.2) is 0 Å². The summed E-state index contributed by atoms with van der Waals surface area (Å²) in [6.45, 7) is 38.7. The van der Waals surface area contributed by atoms with E-state index < -0.39 is 31.0 Å². The van der Waals surface area contributed by atoms with Gasteiger partial charge in [-0.05, 0) is 0 Å². The summed E-state index contributed by atoms with van der Waals surface area (Å²) >= 11 is 1.63. The van der Waals surface area contributed by atoms with E-state index in [4.69, 9.17) is 0 Å². The van der Waals surface area contributed by atoms with Crippen LogP contribution in [0.3, 0.4) is 0 Å². The lowest BCUT2D eigenvalue weighted by molar-refractivity contribution is 1.36. The molecule has 0 aromatic rings. The Hall–Kier alpha value is 2.79. The van der Waals surface area contributed by atoms with Gasteiger partial charge in [0.15, 0.2) is 30.4 Å². The van der Waals surface area contributed by atoms with Gasteiger partial charge in [-0.2, -0.15) is 0 Å². The second-order valence-electron chi connectivity index (χ2n) is 11.5. The normalized spacial score (nSPS) is 11.7. The summed E-state index contributed by atoms with van der Waals surface area (Å²) in [6, 6.07) is 0. The molecule has 0 saturated carbocycles. The molecule has 0 unspecified atom stereocenters. The highest BCUT2D eigenvalue weighted by Crippen LogP contribution is 2.37.